The highest BCUT2D eigenvalue weighted by Crippen LogP contribution is 2.31. The Labute approximate surface area is 91.5 Å². The second-order valence-corrected chi connectivity index (χ2v) is 4.60. The minimum Gasteiger partial charge on any atom is -0.508 e. The van der Waals surface area contributed by atoms with Gasteiger partial charge < -0.3 is 10.4 Å². The van der Waals surface area contributed by atoms with Gasteiger partial charge in [-0.05, 0) is 60.2 Å². The molecule has 0 bridgehead atoms. The van der Waals surface area contributed by atoms with E-state index in [1.54, 1.807) is 6.07 Å². The highest BCUT2D eigenvalue weighted by molar-refractivity contribution is 14.1. The Morgan fingerprint density at radius 3 is 3.00 bits per heavy atom. The molecule has 13 heavy (non-hydrogen) atoms. The molecule has 2 N–H and O–H groups in total. The van der Waals surface area contributed by atoms with Crippen LogP contribution in [0, 0.1) is 3.57 Å². The second-order valence-electron chi connectivity index (χ2n) is 3.35. The lowest BCUT2D eigenvalue weighted by atomic mass is 10.0. The van der Waals surface area contributed by atoms with Crippen molar-refractivity contribution in [2.45, 2.75) is 18.9 Å². The fourth-order valence-electron chi connectivity index (χ4n) is 1.75. The largest absolute Gasteiger partial charge is 0.508 e. The van der Waals surface area contributed by atoms with Crippen LogP contribution in [0.4, 0.5) is 0 Å². The zero-order valence-electron chi connectivity index (χ0n) is 7.26. The third-order valence-corrected chi connectivity index (χ3v) is 3.10. The number of phenols is 1. The van der Waals surface area contributed by atoms with E-state index < -0.39 is 0 Å². The molecule has 0 unspecified atom stereocenters. The molecular weight excluding hydrogens is 277 g/mol. The highest BCUT2D eigenvalue weighted by atomic mass is 127. The van der Waals surface area contributed by atoms with Crippen LogP contribution < -0.4 is 5.32 Å². The summed E-state index contributed by atoms with van der Waals surface area (Å²) in [5.74, 6) is 0.416. The number of nitrogens with one attached hydrogen (secondary N) is 1. The van der Waals surface area contributed by atoms with Crippen LogP contribution in [0.15, 0.2) is 18.2 Å². The fraction of sp³-hybridized carbons (Fsp3) is 0.400. The standard InChI is InChI=1S/C10H12INO/c11-7-3-4-10(13)8(6-7)9-2-1-5-12-9/h3-4,6,9,12-13H,1-2,5H2/t9-/m1/s1. The molecular formula is C10H12INO. The number of phenolic OH excluding ortho intramolecular Hbond substituents is 1. The molecule has 0 spiro atoms. The Bertz CT molecular complexity index is 308. The molecule has 3 heteroatoms. The van der Waals surface area contributed by atoms with E-state index in [2.05, 4.69) is 34.0 Å². The molecule has 0 aromatic heterocycles. The van der Waals surface area contributed by atoms with Gasteiger partial charge in [0.2, 0.25) is 0 Å². The maximum absolute atomic E-state index is 9.65. The van der Waals surface area contributed by atoms with E-state index in [-0.39, 0.29) is 0 Å². The van der Waals surface area contributed by atoms with Crippen molar-refractivity contribution >= 4 is 22.6 Å². The van der Waals surface area contributed by atoms with E-state index in [0.717, 1.165) is 18.5 Å². The number of hydrogen-bond acceptors (Lipinski definition) is 2. The summed E-state index contributed by atoms with van der Waals surface area (Å²) < 4.78 is 1.18. The van der Waals surface area contributed by atoms with Crippen LogP contribution >= 0.6 is 22.6 Å². The molecule has 0 radical (unpaired) electrons. The highest BCUT2D eigenvalue weighted by Gasteiger charge is 2.18. The van der Waals surface area contributed by atoms with Gasteiger partial charge in [0.05, 0.1) is 0 Å². The van der Waals surface area contributed by atoms with Gasteiger partial charge in [0.15, 0.2) is 0 Å². The average molecular weight is 289 g/mol. The molecule has 0 saturated carbocycles. The summed E-state index contributed by atoms with van der Waals surface area (Å²) in [7, 11) is 0. The number of benzene rings is 1. The van der Waals surface area contributed by atoms with E-state index in [9.17, 15) is 5.11 Å². The molecule has 1 saturated heterocycles. The summed E-state index contributed by atoms with van der Waals surface area (Å²) >= 11 is 2.27. The van der Waals surface area contributed by atoms with Gasteiger partial charge in [-0.15, -0.1) is 0 Å². The van der Waals surface area contributed by atoms with E-state index >= 15 is 0 Å². The van der Waals surface area contributed by atoms with Gasteiger partial charge in [-0.2, -0.15) is 0 Å². The van der Waals surface area contributed by atoms with Crippen molar-refractivity contribution in [3.8, 4) is 5.75 Å². The predicted molar refractivity (Wildman–Crippen MR) is 60.8 cm³/mol. The molecule has 2 rings (SSSR count). The Hall–Kier alpha value is -0.290. The number of hydrogen-bond donors (Lipinski definition) is 2. The van der Waals surface area contributed by atoms with Gasteiger partial charge in [-0.25, -0.2) is 0 Å². The summed E-state index contributed by atoms with van der Waals surface area (Å²) in [6.07, 6.45) is 2.34. The minimum absolute atomic E-state index is 0.356. The topological polar surface area (TPSA) is 32.3 Å². The summed E-state index contributed by atoms with van der Waals surface area (Å²) in [6, 6.07) is 6.11. The van der Waals surface area contributed by atoms with Crippen molar-refractivity contribution in [3.05, 3.63) is 27.3 Å². The lowest BCUT2D eigenvalue weighted by molar-refractivity contribution is 0.457. The van der Waals surface area contributed by atoms with Crippen molar-refractivity contribution in [2.24, 2.45) is 0 Å². The number of aromatic hydroxyl groups is 1. The first kappa shape index (κ1) is 9.27. The van der Waals surface area contributed by atoms with Crippen molar-refractivity contribution in [1.29, 1.82) is 0 Å². The zero-order chi connectivity index (χ0) is 9.26. The van der Waals surface area contributed by atoms with Crippen molar-refractivity contribution < 1.29 is 5.11 Å². The molecule has 2 nitrogen and oxygen atoms in total. The summed E-state index contributed by atoms with van der Waals surface area (Å²) in [5, 5.41) is 13.0. The van der Waals surface area contributed by atoms with Crippen LogP contribution in [-0.2, 0) is 0 Å². The normalized spacial score (nSPS) is 22.1. The SMILES string of the molecule is Oc1ccc(I)cc1[C@H]1CCCN1. The smallest absolute Gasteiger partial charge is 0.120 e. The molecule has 1 fully saturated rings. The molecule has 1 heterocycles. The average Bonchev–Trinajstić information content (AvgIpc) is 2.61. The van der Waals surface area contributed by atoms with Gasteiger partial charge in [0.25, 0.3) is 0 Å². The van der Waals surface area contributed by atoms with Crippen LogP contribution in [0.1, 0.15) is 24.4 Å². The Balaban J connectivity index is 2.32. The van der Waals surface area contributed by atoms with Gasteiger partial charge in [0, 0.05) is 15.2 Å². The molecule has 70 valence electrons. The number of halogens is 1. The summed E-state index contributed by atoms with van der Waals surface area (Å²) in [6.45, 7) is 1.07. The van der Waals surface area contributed by atoms with Crippen molar-refractivity contribution in [1.82, 2.24) is 5.32 Å². The third kappa shape index (κ3) is 1.96. The van der Waals surface area contributed by atoms with Gasteiger partial charge in [0.1, 0.15) is 5.75 Å². The van der Waals surface area contributed by atoms with E-state index in [1.807, 2.05) is 6.07 Å². The van der Waals surface area contributed by atoms with Crippen LogP contribution in [0.5, 0.6) is 5.75 Å². The van der Waals surface area contributed by atoms with Gasteiger partial charge >= 0.3 is 0 Å². The fourth-order valence-corrected chi connectivity index (χ4v) is 2.27. The molecule has 1 atom stereocenters. The van der Waals surface area contributed by atoms with Gasteiger partial charge in [-0.1, -0.05) is 0 Å². The van der Waals surface area contributed by atoms with Crippen molar-refractivity contribution in [3.63, 3.8) is 0 Å². The molecule has 0 amide bonds. The molecule has 1 aliphatic heterocycles. The zero-order valence-corrected chi connectivity index (χ0v) is 9.41. The number of rotatable bonds is 1. The Kier molecular flexibility index (Phi) is 2.74. The first-order valence-electron chi connectivity index (χ1n) is 4.49. The minimum atomic E-state index is 0.356. The van der Waals surface area contributed by atoms with E-state index in [0.29, 0.717) is 11.8 Å². The van der Waals surface area contributed by atoms with Crippen molar-refractivity contribution in [2.75, 3.05) is 6.54 Å². The molecule has 1 aromatic carbocycles. The Morgan fingerprint density at radius 2 is 2.31 bits per heavy atom. The van der Waals surface area contributed by atoms with Gasteiger partial charge in [-0.3, -0.25) is 0 Å². The summed E-state index contributed by atoms with van der Waals surface area (Å²) in [5.41, 5.74) is 1.05. The van der Waals surface area contributed by atoms with E-state index in [4.69, 9.17) is 0 Å². The lowest BCUT2D eigenvalue weighted by Gasteiger charge is -2.12. The van der Waals surface area contributed by atoms with Crippen LogP contribution in [0.3, 0.4) is 0 Å². The second kappa shape index (κ2) is 3.84. The predicted octanol–water partition coefficient (Wildman–Crippen LogP) is 2.42. The maximum atomic E-state index is 9.65. The monoisotopic (exact) mass is 289 g/mol. The lowest BCUT2D eigenvalue weighted by Crippen LogP contribution is -2.12. The summed E-state index contributed by atoms with van der Waals surface area (Å²) in [4.78, 5) is 0. The quantitative estimate of drug-likeness (QED) is 0.778. The van der Waals surface area contributed by atoms with Crippen LogP contribution in [0.2, 0.25) is 0 Å². The molecule has 1 aliphatic rings. The van der Waals surface area contributed by atoms with E-state index in [1.165, 1.54) is 9.99 Å². The Morgan fingerprint density at radius 1 is 1.46 bits per heavy atom. The molecule has 0 aliphatic carbocycles. The first-order chi connectivity index (χ1) is 6.27. The van der Waals surface area contributed by atoms with Crippen LogP contribution in [0.25, 0.3) is 0 Å². The van der Waals surface area contributed by atoms with Crippen LogP contribution in [-0.4, -0.2) is 11.7 Å². The third-order valence-electron chi connectivity index (χ3n) is 2.43. The molecule has 1 aromatic rings. The first-order valence-corrected chi connectivity index (χ1v) is 5.57. The maximum Gasteiger partial charge on any atom is 0.120 e.